The van der Waals surface area contributed by atoms with E-state index < -0.39 is 11.5 Å². The van der Waals surface area contributed by atoms with Crippen molar-refractivity contribution in [2.24, 2.45) is 11.1 Å². The van der Waals surface area contributed by atoms with Crippen molar-refractivity contribution in [2.45, 2.75) is 52.1 Å². The van der Waals surface area contributed by atoms with E-state index in [2.05, 4.69) is 10.6 Å². The second kappa shape index (κ2) is 4.64. The average Bonchev–Trinajstić information content (AvgIpc) is 2.95. The summed E-state index contributed by atoms with van der Waals surface area (Å²) in [5, 5.41) is 5.55. The molecule has 5 heteroatoms. The number of carbonyl (C=O) groups is 2. The zero-order valence-electron chi connectivity index (χ0n) is 11.1. The largest absolute Gasteiger partial charge is 0.350 e. The number of hydrogen-bond donors (Lipinski definition) is 3. The summed E-state index contributed by atoms with van der Waals surface area (Å²) in [6.45, 7) is 7.75. The quantitative estimate of drug-likeness (QED) is 0.655. The number of nitrogens with two attached hydrogens (primary N) is 1. The lowest BCUT2D eigenvalue weighted by molar-refractivity contribution is -0.132. The van der Waals surface area contributed by atoms with Crippen LogP contribution in [0.3, 0.4) is 0 Å². The van der Waals surface area contributed by atoms with Gasteiger partial charge in [-0.25, -0.2) is 0 Å². The van der Waals surface area contributed by atoms with Gasteiger partial charge in [-0.15, -0.1) is 0 Å². The maximum Gasteiger partial charge on any atom is 0.242 e. The van der Waals surface area contributed by atoms with Gasteiger partial charge in [0.2, 0.25) is 11.8 Å². The van der Waals surface area contributed by atoms with Crippen molar-refractivity contribution in [3.05, 3.63) is 0 Å². The molecule has 0 aliphatic heterocycles. The molecule has 2 amide bonds. The smallest absolute Gasteiger partial charge is 0.242 e. The Bertz CT molecular complexity index is 316. The Labute approximate surface area is 103 Å². The van der Waals surface area contributed by atoms with Crippen molar-refractivity contribution in [3.63, 3.8) is 0 Å². The predicted molar refractivity (Wildman–Crippen MR) is 66.2 cm³/mol. The lowest BCUT2D eigenvalue weighted by atomic mass is 10.1. The van der Waals surface area contributed by atoms with Gasteiger partial charge in [0.05, 0.1) is 5.41 Å². The van der Waals surface area contributed by atoms with E-state index in [4.69, 9.17) is 5.73 Å². The zero-order valence-corrected chi connectivity index (χ0v) is 11.1. The standard InChI is InChI=1S/C12H23N3O2/c1-8(9(16)15-11(2,3)4)14-10(17)12(7-13)5-6-12/h8H,5-7,13H2,1-4H3,(H,14,17)(H,15,16). The Morgan fingerprint density at radius 3 is 2.24 bits per heavy atom. The zero-order chi connectivity index (χ0) is 13.3. The van der Waals surface area contributed by atoms with Crippen LogP contribution in [0.2, 0.25) is 0 Å². The highest BCUT2D eigenvalue weighted by molar-refractivity contribution is 5.91. The summed E-state index contributed by atoms with van der Waals surface area (Å²) < 4.78 is 0. The van der Waals surface area contributed by atoms with Gasteiger partial charge >= 0.3 is 0 Å². The minimum Gasteiger partial charge on any atom is -0.350 e. The molecule has 0 radical (unpaired) electrons. The van der Waals surface area contributed by atoms with Gasteiger partial charge in [0.15, 0.2) is 0 Å². The van der Waals surface area contributed by atoms with Crippen LogP contribution in [0.5, 0.6) is 0 Å². The molecule has 1 aliphatic carbocycles. The van der Waals surface area contributed by atoms with Crippen LogP contribution in [-0.2, 0) is 9.59 Å². The maximum absolute atomic E-state index is 11.9. The molecule has 1 saturated carbocycles. The molecule has 4 N–H and O–H groups in total. The van der Waals surface area contributed by atoms with Crippen molar-refractivity contribution in [3.8, 4) is 0 Å². The number of nitrogens with one attached hydrogen (secondary N) is 2. The van der Waals surface area contributed by atoms with Gasteiger partial charge in [0, 0.05) is 12.1 Å². The molecule has 1 fully saturated rings. The van der Waals surface area contributed by atoms with E-state index in [-0.39, 0.29) is 17.4 Å². The van der Waals surface area contributed by atoms with Crippen LogP contribution in [0.15, 0.2) is 0 Å². The molecular weight excluding hydrogens is 218 g/mol. The second-order valence-corrected chi connectivity index (χ2v) is 5.92. The molecule has 17 heavy (non-hydrogen) atoms. The monoisotopic (exact) mass is 241 g/mol. The van der Waals surface area contributed by atoms with E-state index in [1.54, 1.807) is 6.92 Å². The third-order valence-electron chi connectivity index (χ3n) is 2.97. The Morgan fingerprint density at radius 1 is 1.35 bits per heavy atom. The third kappa shape index (κ3) is 3.70. The van der Waals surface area contributed by atoms with E-state index in [0.717, 1.165) is 12.8 Å². The Kier molecular flexibility index (Phi) is 3.81. The molecule has 0 aromatic carbocycles. The minimum absolute atomic E-state index is 0.100. The first-order valence-corrected chi connectivity index (χ1v) is 6.03. The van der Waals surface area contributed by atoms with Crippen LogP contribution >= 0.6 is 0 Å². The van der Waals surface area contributed by atoms with Crippen molar-refractivity contribution in [1.29, 1.82) is 0 Å². The Hall–Kier alpha value is -1.10. The molecule has 1 atom stereocenters. The fourth-order valence-electron chi connectivity index (χ4n) is 1.57. The molecule has 5 nitrogen and oxygen atoms in total. The van der Waals surface area contributed by atoms with Gasteiger partial charge < -0.3 is 16.4 Å². The number of hydrogen-bond acceptors (Lipinski definition) is 3. The van der Waals surface area contributed by atoms with E-state index in [0.29, 0.717) is 6.54 Å². The molecule has 1 aliphatic rings. The molecule has 0 bridgehead atoms. The van der Waals surface area contributed by atoms with Crippen LogP contribution in [0.1, 0.15) is 40.5 Å². The Morgan fingerprint density at radius 2 is 1.88 bits per heavy atom. The minimum atomic E-state index is -0.522. The van der Waals surface area contributed by atoms with Crippen LogP contribution in [0, 0.1) is 5.41 Å². The molecule has 0 aromatic heterocycles. The summed E-state index contributed by atoms with van der Waals surface area (Å²) in [5.74, 6) is -0.268. The van der Waals surface area contributed by atoms with Gasteiger partial charge in [0.25, 0.3) is 0 Å². The fourth-order valence-corrected chi connectivity index (χ4v) is 1.57. The molecule has 0 heterocycles. The lowest BCUT2D eigenvalue weighted by Gasteiger charge is -2.24. The molecule has 0 spiro atoms. The van der Waals surface area contributed by atoms with Crippen LogP contribution in [-0.4, -0.2) is 29.9 Å². The first kappa shape index (κ1) is 14.0. The van der Waals surface area contributed by atoms with Crippen molar-refractivity contribution < 1.29 is 9.59 Å². The number of amides is 2. The molecule has 1 rings (SSSR count). The molecule has 0 saturated heterocycles. The van der Waals surface area contributed by atoms with E-state index >= 15 is 0 Å². The molecule has 98 valence electrons. The van der Waals surface area contributed by atoms with Crippen LogP contribution < -0.4 is 16.4 Å². The highest BCUT2D eigenvalue weighted by Crippen LogP contribution is 2.44. The highest BCUT2D eigenvalue weighted by Gasteiger charge is 2.49. The van der Waals surface area contributed by atoms with Crippen LogP contribution in [0.25, 0.3) is 0 Å². The molecule has 0 aromatic rings. The van der Waals surface area contributed by atoms with Gasteiger partial charge in [-0.2, -0.15) is 0 Å². The van der Waals surface area contributed by atoms with Crippen molar-refractivity contribution in [1.82, 2.24) is 10.6 Å². The van der Waals surface area contributed by atoms with E-state index in [1.807, 2.05) is 20.8 Å². The normalized spacial score (nSPS) is 19.4. The van der Waals surface area contributed by atoms with Gasteiger partial charge in [0.1, 0.15) is 6.04 Å². The second-order valence-electron chi connectivity index (χ2n) is 5.92. The summed E-state index contributed by atoms with van der Waals surface area (Å²) in [4.78, 5) is 23.6. The first-order chi connectivity index (χ1) is 7.70. The topological polar surface area (TPSA) is 84.2 Å². The van der Waals surface area contributed by atoms with Crippen LogP contribution in [0.4, 0.5) is 0 Å². The predicted octanol–water partition coefficient (Wildman–Crippen LogP) is 0.145. The summed E-state index contributed by atoms with van der Waals surface area (Å²) in [6.07, 6.45) is 1.64. The van der Waals surface area contributed by atoms with Crippen molar-refractivity contribution in [2.75, 3.05) is 6.54 Å². The van der Waals surface area contributed by atoms with Gasteiger partial charge in [-0.3, -0.25) is 9.59 Å². The Balaban J connectivity index is 2.47. The van der Waals surface area contributed by atoms with Gasteiger partial charge in [-0.1, -0.05) is 0 Å². The summed E-state index contributed by atoms with van der Waals surface area (Å²) in [6, 6.07) is -0.522. The number of rotatable bonds is 4. The SMILES string of the molecule is CC(NC(=O)C1(CN)CC1)C(=O)NC(C)(C)C. The third-order valence-corrected chi connectivity index (χ3v) is 2.97. The van der Waals surface area contributed by atoms with E-state index in [9.17, 15) is 9.59 Å². The lowest BCUT2D eigenvalue weighted by Crippen LogP contribution is -2.52. The fraction of sp³-hybridized carbons (Fsp3) is 0.833. The van der Waals surface area contributed by atoms with E-state index in [1.165, 1.54) is 0 Å². The average molecular weight is 241 g/mol. The van der Waals surface area contributed by atoms with Crippen molar-refractivity contribution >= 4 is 11.8 Å². The molecular formula is C12H23N3O2. The van der Waals surface area contributed by atoms with Gasteiger partial charge in [-0.05, 0) is 40.5 Å². The summed E-state index contributed by atoms with van der Waals surface area (Å²) in [7, 11) is 0. The first-order valence-electron chi connectivity index (χ1n) is 6.03. The molecule has 1 unspecified atom stereocenters. The summed E-state index contributed by atoms with van der Waals surface area (Å²) >= 11 is 0. The highest BCUT2D eigenvalue weighted by atomic mass is 16.2. The summed E-state index contributed by atoms with van der Waals surface area (Å²) in [5.41, 5.74) is 4.86. The number of carbonyl (C=O) groups excluding carboxylic acids is 2. The maximum atomic E-state index is 11.9.